The van der Waals surface area contributed by atoms with Gasteiger partial charge in [-0.2, -0.15) is 18.3 Å². The number of rotatable bonds is 3. The van der Waals surface area contributed by atoms with Gasteiger partial charge < -0.3 is 0 Å². The number of hydrogen-bond acceptors (Lipinski definition) is 3. The highest BCUT2D eigenvalue weighted by molar-refractivity contribution is 7.99. The fourth-order valence-corrected chi connectivity index (χ4v) is 3.34. The minimum Gasteiger partial charge on any atom is -0.268 e. The maximum Gasteiger partial charge on any atom is 0.417 e. The van der Waals surface area contributed by atoms with Crippen molar-refractivity contribution in [1.29, 1.82) is 0 Å². The number of aromatic nitrogens is 2. The van der Waals surface area contributed by atoms with Crippen LogP contribution in [0.3, 0.4) is 0 Å². The van der Waals surface area contributed by atoms with E-state index in [1.54, 1.807) is 18.2 Å². The SMILES string of the molecule is Cc1ccc(Sc2ccc(-c3ccc(=O)n(C)n3)cc2C(F)(F)F)cc1. The second-order valence-electron chi connectivity index (χ2n) is 5.80. The first kappa shape index (κ1) is 18.3. The molecule has 0 N–H and O–H groups in total. The van der Waals surface area contributed by atoms with Crippen molar-refractivity contribution in [2.45, 2.75) is 22.9 Å². The molecule has 0 amide bonds. The van der Waals surface area contributed by atoms with Gasteiger partial charge in [-0.3, -0.25) is 4.79 Å². The predicted octanol–water partition coefficient (Wildman–Crippen LogP) is 4.93. The molecular weight excluding hydrogens is 361 g/mol. The van der Waals surface area contributed by atoms with E-state index >= 15 is 0 Å². The molecule has 3 rings (SSSR count). The van der Waals surface area contributed by atoms with Crippen LogP contribution in [-0.4, -0.2) is 9.78 Å². The van der Waals surface area contributed by atoms with Crippen LogP contribution in [-0.2, 0) is 13.2 Å². The predicted molar refractivity (Wildman–Crippen MR) is 95.2 cm³/mol. The summed E-state index contributed by atoms with van der Waals surface area (Å²) in [4.78, 5) is 12.3. The zero-order valence-corrected chi connectivity index (χ0v) is 14.9. The van der Waals surface area contributed by atoms with Crippen LogP contribution in [0.15, 0.2) is 69.2 Å². The molecule has 0 saturated carbocycles. The molecule has 134 valence electrons. The zero-order chi connectivity index (χ0) is 18.9. The van der Waals surface area contributed by atoms with Gasteiger partial charge in [0.15, 0.2) is 0 Å². The second kappa shape index (κ2) is 6.99. The van der Waals surface area contributed by atoms with Gasteiger partial charge in [-0.15, -0.1) is 0 Å². The van der Waals surface area contributed by atoms with Crippen molar-refractivity contribution in [1.82, 2.24) is 9.78 Å². The second-order valence-corrected chi connectivity index (χ2v) is 6.92. The normalized spacial score (nSPS) is 11.6. The van der Waals surface area contributed by atoms with Crippen LogP contribution in [0, 0.1) is 6.92 Å². The van der Waals surface area contributed by atoms with E-state index in [0.717, 1.165) is 33.0 Å². The van der Waals surface area contributed by atoms with E-state index in [-0.39, 0.29) is 10.5 Å². The molecular formula is C19H15F3N2OS. The van der Waals surface area contributed by atoms with Gasteiger partial charge in [0.2, 0.25) is 0 Å². The molecule has 2 aromatic carbocycles. The van der Waals surface area contributed by atoms with E-state index in [4.69, 9.17) is 0 Å². The average molecular weight is 376 g/mol. The quantitative estimate of drug-likeness (QED) is 0.650. The Kier molecular flexibility index (Phi) is 4.91. The Morgan fingerprint density at radius 3 is 2.31 bits per heavy atom. The topological polar surface area (TPSA) is 34.9 Å². The van der Waals surface area contributed by atoms with Crippen molar-refractivity contribution >= 4 is 11.8 Å². The largest absolute Gasteiger partial charge is 0.417 e. The fourth-order valence-electron chi connectivity index (χ4n) is 2.39. The number of alkyl halides is 3. The lowest BCUT2D eigenvalue weighted by Gasteiger charge is -2.14. The maximum absolute atomic E-state index is 13.6. The summed E-state index contributed by atoms with van der Waals surface area (Å²) >= 11 is 1.06. The van der Waals surface area contributed by atoms with Crippen LogP contribution >= 0.6 is 11.8 Å². The summed E-state index contributed by atoms with van der Waals surface area (Å²) in [5.74, 6) is 0. The number of aryl methyl sites for hydroxylation is 2. The van der Waals surface area contributed by atoms with Crippen molar-refractivity contribution in [2.24, 2.45) is 7.05 Å². The molecule has 0 aliphatic rings. The molecule has 3 aromatic rings. The van der Waals surface area contributed by atoms with Crippen molar-refractivity contribution in [3.8, 4) is 11.3 Å². The molecule has 0 fully saturated rings. The maximum atomic E-state index is 13.6. The molecule has 0 saturated heterocycles. The third-order valence-electron chi connectivity index (χ3n) is 3.79. The Morgan fingerprint density at radius 2 is 1.69 bits per heavy atom. The summed E-state index contributed by atoms with van der Waals surface area (Å²) in [6.07, 6.45) is -4.50. The van der Waals surface area contributed by atoms with E-state index in [1.807, 2.05) is 19.1 Å². The molecule has 1 heterocycles. The average Bonchev–Trinajstić information content (AvgIpc) is 2.59. The lowest BCUT2D eigenvalue weighted by atomic mass is 10.1. The van der Waals surface area contributed by atoms with Crippen LogP contribution in [0.4, 0.5) is 13.2 Å². The van der Waals surface area contributed by atoms with Crippen molar-refractivity contribution < 1.29 is 13.2 Å². The first-order chi connectivity index (χ1) is 12.2. The van der Waals surface area contributed by atoms with Crippen LogP contribution in [0.2, 0.25) is 0 Å². The molecule has 7 heteroatoms. The lowest BCUT2D eigenvalue weighted by Crippen LogP contribution is -2.18. The van der Waals surface area contributed by atoms with E-state index in [0.29, 0.717) is 11.3 Å². The summed E-state index contributed by atoms with van der Waals surface area (Å²) in [7, 11) is 1.46. The molecule has 0 radical (unpaired) electrons. The minimum atomic E-state index is -4.50. The molecule has 26 heavy (non-hydrogen) atoms. The Hall–Kier alpha value is -2.54. The van der Waals surface area contributed by atoms with Gasteiger partial charge in [-0.05, 0) is 37.3 Å². The molecule has 1 aromatic heterocycles. The first-order valence-corrected chi connectivity index (χ1v) is 8.56. The monoisotopic (exact) mass is 376 g/mol. The summed E-state index contributed by atoms with van der Waals surface area (Å²) < 4.78 is 41.8. The summed E-state index contributed by atoms with van der Waals surface area (Å²) in [6.45, 7) is 1.92. The highest BCUT2D eigenvalue weighted by atomic mass is 32.2. The standard InChI is InChI=1S/C19H15F3N2OS/c1-12-3-6-14(7-4-12)26-17-9-5-13(11-15(17)19(20,21)22)16-8-10-18(25)24(2)23-16/h3-11H,1-2H3. The van der Waals surface area contributed by atoms with E-state index in [2.05, 4.69) is 5.10 Å². The summed E-state index contributed by atoms with van der Waals surface area (Å²) in [5, 5.41) is 4.02. The molecule has 0 unspecified atom stereocenters. The molecule has 0 aliphatic heterocycles. The van der Waals surface area contributed by atoms with E-state index in [1.165, 1.54) is 25.2 Å². The fraction of sp³-hybridized carbons (Fsp3) is 0.158. The zero-order valence-electron chi connectivity index (χ0n) is 14.0. The third kappa shape index (κ3) is 3.99. The molecule has 0 aliphatic carbocycles. The van der Waals surface area contributed by atoms with Crippen LogP contribution in [0.5, 0.6) is 0 Å². The highest BCUT2D eigenvalue weighted by Gasteiger charge is 2.34. The van der Waals surface area contributed by atoms with Crippen molar-refractivity contribution in [3.05, 3.63) is 76.1 Å². The van der Waals surface area contributed by atoms with Gasteiger partial charge in [-0.1, -0.05) is 35.5 Å². The Morgan fingerprint density at radius 1 is 1.00 bits per heavy atom. The van der Waals surface area contributed by atoms with Crippen molar-refractivity contribution in [2.75, 3.05) is 0 Å². The smallest absolute Gasteiger partial charge is 0.268 e. The van der Waals surface area contributed by atoms with Crippen LogP contribution in [0.1, 0.15) is 11.1 Å². The van der Waals surface area contributed by atoms with E-state index < -0.39 is 11.7 Å². The van der Waals surface area contributed by atoms with Gasteiger partial charge >= 0.3 is 6.18 Å². The molecule has 3 nitrogen and oxygen atoms in total. The number of hydrogen-bond donors (Lipinski definition) is 0. The molecule has 0 spiro atoms. The minimum absolute atomic E-state index is 0.120. The molecule has 0 bridgehead atoms. The Balaban J connectivity index is 2.04. The van der Waals surface area contributed by atoms with Crippen LogP contribution < -0.4 is 5.56 Å². The molecule has 0 atom stereocenters. The van der Waals surface area contributed by atoms with E-state index in [9.17, 15) is 18.0 Å². The lowest BCUT2D eigenvalue weighted by molar-refractivity contribution is -0.139. The third-order valence-corrected chi connectivity index (χ3v) is 4.87. The first-order valence-electron chi connectivity index (χ1n) is 7.74. The summed E-state index contributed by atoms with van der Waals surface area (Å²) in [6, 6.07) is 14.1. The van der Waals surface area contributed by atoms with Crippen LogP contribution in [0.25, 0.3) is 11.3 Å². The van der Waals surface area contributed by atoms with Gasteiger partial charge in [-0.25, -0.2) is 4.68 Å². The number of nitrogens with zero attached hydrogens (tertiary/aromatic N) is 2. The number of halogens is 3. The number of benzene rings is 2. The van der Waals surface area contributed by atoms with Gasteiger partial charge in [0.05, 0.1) is 11.3 Å². The highest BCUT2D eigenvalue weighted by Crippen LogP contribution is 2.41. The van der Waals surface area contributed by atoms with Gasteiger partial charge in [0.25, 0.3) is 5.56 Å². The van der Waals surface area contributed by atoms with Crippen molar-refractivity contribution in [3.63, 3.8) is 0 Å². The van der Waals surface area contributed by atoms with Gasteiger partial charge in [0, 0.05) is 28.5 Å². The Bertz CT molecular complexity index is 995. The summed E-state index contributed by atoms with van der Waals surface area (Å²) in [5.41, 5.74) is 0.611. The van der Waals surface area contributed by atoms with Gasteiger partial charge in [0.1, 0.15) is 0 Å². The Labute approximate surface area is 152 Å².